The Morgan fingerprint density at radius 2 is 1.66 bits per heavy atom. The first kappa shape index (κ1) is 24.1. The zero-order valence-electron chi connectivity index (χ0n) is 16.0. The van der Waals surface area contributed by atoms with Crippen molar-refractivity contribution in [1.29, 1.82) is 0 Å². The van der Waals surface area contributed by atoms with Crippen LogP contribution in [-0.2, 0) is 16.1 Å². The van der Waals surface area contributed by atoms with Crippen molar-refractivity contribution in [2.75, 3.05) is 0 Å². The molecule has 0 bridgehead atoms. The van der Waals surface area contributed by atoms with Gasteiger partial charge in [0, 0.05) is 23.6 Å². The third-order valence-corrected chi connectivity index (χ3v) is 8.73. The van der Waals surface area contributed by atoms with Crippen molar-refractivity contribution in [3.63, 3.8) is 0 Å². The number of nitrogens with zero attached hydrogens (tertiary/aromatic N) is 1. The fraction of sp³-hybridized carbons (Fsp3) is 0.0435. The molecule has 0 saturated heterocycles. The maximum atomic E-state index is 12.4. The number of esters is 1. The van der Waals surface area contributed by atoms with Crippen molar-refractivity contribution < 1.29 is 14.3 Å². The first-order valence-corrected chi connectivity index (χ1v) is 13.4. The standard InChI is InChI=1S/C23H12Br4INO3/c24-15-4-2-1-3-14(15)11-31-21-17(26)7-12(8-18(21)27)9-20-23(30)32-22(29-20)13-5-6-19(28)16(25)10-13/h1-10H,11H2/b20-9-. The SMILES string of the molecule is O=C1OC(c2ccc(I)c(Br)c2)=N/C1=C\c1cc(Br)c(OCc2ccccc2Br)c(Br)c1. The van der Waals surface area contributed by atoms with Crippen LogP contribution in [0, 0.1) is 3.57 Å². The van der Waals surface area contributed by atoms with E-state index >= 15 is 0 Å². The number of halogens is 5. The minimum absolute atomic E-state index is 0.232. The highest BCUT2D eigenvalue weighted by Crippen LogP contribution is 2.36. The van der Waals surface area contributed by atoms with Crippen LogP contribution < -0.4 is 4.74 Å². The van der Waals surface area contributed by atoms with Crippen LogP contribution in [-0.4, -0.2) is 11.9 Å². The smallest absolute Gasteiger partial charge is 0.363 e. The van der Waals surface area contributed by atoms with Crippen LogP contribution in [0.2, 0.25) is 0 Å². The molecule has 32 heavy (non-hydrogen) atoms. The van der Waals surface area contributed by atoms with E-state index in [1.165, 1.54) is 0 Å². The number of cyclic esters (lactones) is 1. The lowest BCUT2D eigenvalue weighted by molar-refractivity contribution is -0.129. The first-order valence-electron chi connectivity index (χ1n) is 9.15. The lowest BCUT2D eigenvalue weighted by Gasteiger charge is -2.12. The Morgan fingerprint density at radius 3 is 2.34 bits per heavy atom. The van der Waals surface area contributed by atoms with Crippen LogP contribution >= 0.6 is 86.3 Å². The maximum Gasteiger partial charge on any atom is 0.363 e. The number of carbonyl (C=O) groups is 1. The molecule has 4 nitrogen and oxygen atoms in total. The summed E-state index contributed by atoms with van der Waals surface area (Å²) in [4.78, 5) is 16.8. The van der Waals surface area contributed by atoms with Gasteiger partial charge < -0.3 is 9.47 Å². The largest absolute Gasteiger partial charge is 0.486 e. The number of hydrogen-bond acceptors (Lipinski definition) is 4. The molecule has 0 saturated carbocycles. The number of rotatable bonds is 5. The highest BCUT2D eigenvalue weighted by molar-refractivity contribution is 14.1. The molecule has 0 fully saturated rings. The normalized spacial score (nSPS) is 14.5. The lowest BCUT2D eigenvalue weighted by Crippen LogP contribution is -2.05. The predicted octanol–water partition coefficient (Wildman–Crippen LogP) is 8.26. The van der Waals surface area contributed by atoms with Gasteiger partial charge in [0.15, 0.2) is 5.70 Å². The van der Waals surface area contributed by atoms with E-state index in [0.717, 1.165) is 38.2 Å². The van der Waals surface area contributed by atoms with Crippen molar-refractivity contribution in [2.45, 2.75) is 6.61 Å². The number of benzene rings is 3. The molecule has 0 spiro atoms. The summed E-state index contributed by atoms with van der Waals surface area (Å²) in [5.41, 5.74) is 2.77. The van der Waals surface area contributed by atoms with Gasteiger partial charge in [0.25, 0.3) is 0 Å². The summed E-state index contributed by atoms with van der Waals surface area (Å²) in [5.74, 6) is 0.464. The van der Waals surface area contributed by atoms with Crippen LogP contribution in [0.4, 0.5) is 0 Å². The van der Waals surface area contributed by atoms with Crippen molar-refractivity contribution >= 4 is 104 Å². The molecular weight excluding hydrogens is 785 g/mol. The quantitative estimate of drug-likeness (QED) is 0.149. The zero-order chi connectivity index (χ0) is 22.8. The van der Waals surface area contributed by atoms with Gasteiger partial charge in [-0.05, 0) is 118 Å². The number of ether oxygens (including phenoxy) is 2. The van der Waals surface area contributed by atoms with E-state index in [0.29, 0.717) is 12.4 Å². The molecule has 0 aromatic heterocycles. The summed E-state index contributed by atoms with van der Waals surface area (Å²) in [6.07, 6.45) is 1.68. The summed E-state index contributed by atoms with van der Waals surface area (Å²) in [7, 11) is 0. The topological polar surface area (TPSA) is 47.9 Å². The first-order chi connectivity index (χ1) is 15.3. The van der Waals surface area contributed by atoms with Crippen LogP contribution in [0.15, 0.2) is 83.2 Å². The molecule has 0 unspecified atom stereocenters. The lowest BCUT2D eigenvalue weighted by atomic mass is 10.2. The van der Waals surface area contributed by atoms with E-state index in [1.807, 2.05) is 54.6 Å². The number of aliphatic imine (C=N–C) groups is 1. The number of carbonyl (C=O) groups excluding carboxylic acids is 1. The highest BCUT2D eigenvalue weighted by atomic mass is 127. The fourth-order valence-corrected chi connectivity index (χ4v) is 5.45. The average Bonchev–Trinajstić information content (AvgIpc) is 3.11. The Balaban J connectivity index is 1.57. The predicted molar refractivity (Wildman–Crippen MR) is 148 cm³/mol. The van der Waals surface area contributed by atoms with Crippen molar-refractivity contribution in [1.82, 2.24) is 0 Å². The summed E-state index contributed by atoms with van der Waals surface area (Å²) in [6.45, 7) is 0.407. The van der Waals surface area contributed by atoms with Crippen molar-refractivity contribution in [3.05, 3.63) is 98.4 Å². The van der Waals surface area contributed by atoms with E-state index in [1.54, 1.807) is 6.08 Å². The van der Waals surface area contributed by atoms with Gasteiger partial charge in [-0.1, -0.05) is 34.1 Å². The fourth-order valence-electron chi connectivity index (χ4n) is 2.89. The van der Waals surface area contributed by atoms with Gasteiger partial charge in [-0.2, -0.15) is 0 Å². The molecule has 1 aliphatic rings. The Hall–Kier alpha value is -1.01. The Bertz CT molecular complexity index is 1270. The van der Waals surface area contributed by atoms with E-state index in [2.05, 4.69) is 91.3 Å². The molecule has 4 rings (SSSR count). The molecule has 1 aliphatic heterocycles. The highest BCUT2D eigenvalue weighted by Gasteiger charge is 2.25. The van der Waals surface area contributed by atoms with Gasteiger partial charge >= 0.3 is 5.97 Å². The molecule has 0 N–H and O–H groups in total. The van der Waals surface area contributed by atoms with Crippen LogP contribution in [0.3, 0.4) is 0 Å². The van der Waals surface area contributed by atoms with Gasteiger partial charge in [-0.3, -0.25) is 0 Å². The summed E-state index contributed by atoms with van der Waals surface area (Å²) in [5, 5.41) is 0. The van der Waals surface area contributed by atoms with E-state index in [-0.39, 0.29) is 11.6 Å². The Kier molecular flexibility index (Phi) is 7.92. The van der Waals surface area contributed by atoms with Crippen molar-refractivity contribution in [2.24, 2.45) is 4.99 Å². The summed E-state index contributed by atoms with van der Waals surface area (Å²) >= 11 is 16.4. The van der Waals surface area contributed by atoms with E-state index in [9.17, 15) is 4.79 Å². The molecule has 0 amide bonds. The van der Waals surface area contributed by atoms with E-state index < -0.39 is 5.97 Å². The van der Waals surface area contributed by atoms with Gasteiger partial charge in [-0.15, -0.1) is 0 Å². The van der Waals surface area contributed by atoms with Gasteiger partial charge in [0.1, 0.15) is 12.4 Å². The molecule has 3 aromatic carbocycles. The second-order valence-electron chi connectivity index (χ2n) is 6.66. The maximum absolute atomic E-state index is 12.4. The summed E-state index contributed by atoms with van der Waals surface area (Å²) in [6, 6.07) is 17.3. The second-order valence-corrected chi connectivity index (χ2v) is 11.2. The zero-order valence-corrected chi connectivity index (χ0v) is 24.5. The second kappa shape index (κ2) is 10.5. The minimum Gasteiger partial charge on any atom is -0.486 e. The van der Waals surface area contributed by atoms with Crippen molar-refractivity contribution in [3.8, 4) is 5.75 Å². The van der Waals surface area contributed by atoms with Gasteiger partial charge in [0.05, 0.1) is 8.95 Å². The third kappa shape index (κ3) is 5.55. The third-order valence-electron chi connectivity index (χ3n) is 4.44. The molecule has 3 aromatic rings. The molecule has 0 atom stereocenters. The molecule has 9 heteroatoms. The van der Waals surface area contributed by atoms with Crippen LogP contribution in [0.1, 0.15) is 16.7 Å². The summed E-state index contributed by atoms with van der Waals surface area (Å²) < 4.78 is 15.9. The monoisotopic (exact) mass is 793 g/mol. The Labute approximate surface area is 232 Å². The molecule has 1 heterocycles. The average molecular weight is 797 g/mol. The molecule has 162 valence electrons. The van der Waals surface area contributed by atoms with Gasteiger partial charge in [0.2, 0.25) is 5.90 Å². The van der Waals surface area contributed by atoms with E-state index in [4.69, 9.17) is 9.47 Å². The number of hydrogen-bond donors (Lipinski definition) is 0. The molecule has 0 radical (unpaired) electrons. The van der Waals surface area contributed by atoms with Gasteiger partial charge in [-0.25, -0.2) is 9.79 Å². The van der Waals surface area contributed by atoms with Crippen LogP contribution in [0.25, 0.3) is 6.08 Å². The van der Waals surface area contributed by atoms with Crippen LogP contribution in [0.5, 0.6) is 5.75 Å². The Morgan fingerprint density at radius 1 is 0.938 bits per heavy atom. The molecular formula is C23H12Br4INO3. The molecule has 0 aliphatic carbocycles. The minimum atomic E-state index is -0.490.